The van der Waals surface area contributed by atoms with Gasteiger partial charge in [0.05, 0.1) is 0 Å². The second kappa shape index (κ2) is 5.86. The Morgan fingerprint density at radius 3 is 2.64 bits per heavy atom. The van der Waals surface area contributed by atoms with Crippen molar-refractivity contribution in [3.05, 3.63) is 0 Å². The minimum Gasteiger partial charge on any atom is -0.310 e. The molecule has 0 radical (unpaired) electrons. The summed E-state index contributed by atoms with van der Waals surface area (Å²) in [5.41, 5.74) is 0. The van der Waals surface area contributed by atoms with Crippen LogP contribution in [0, 0.1) is 5.92 Å². The maximum Gasteiger partial charge on any atom is 0.0383 e. The van der Waals surface area contributed by atoms with Gasteiger partial charge in [0.1, 0.15) is 0 Å². The third-order valence-corrected chi connectivity index (χ3v) is 4.06. The van der Waals surface area contributed by atoms with Crippen LogP contribution in [0.2, 0.25) is 0 Å². The average Bonchev–Trinajstić information content (AvgIpc) is 2.07. The van der Waals surface area contributed by atoms with Gasteiger partial charge in [0.25, 0.3) is 0 Å². The van der Waals surface area contributed by atoms with Crippen molar-refractivity contribution in [1.82, 2.24) is 5.32 Å². The molecule has 0 aliphatic heterocycles. The Hall–Kier alpha value is 0.110. The second-order valence-corrected chi connectivity index (χ2v) is 6.16. The van der Waals surface area contributed by atoms with Crippen LogP contribution in [0.1, 0.15) is 39.5 Å². The summed E-state index contributed by atoms with van der Waals surface area (Å²) < 4.78 is 11.0. The van der Waals surface area contributed by atoms with Crippen molar-refractivity contribution in [2.24, 2.45) is 5.92 Å². The lowest BCUT2D eigenvalue weighted by Crippen LogP contribution is -2.44. The van der Waals surface area contributed by atoms with E-state index >= 15 is 0 Å². The Bertz CT molecular complexity index is 196. The van der Waals surface area contributed by atoms with Gasteiger partial charge in [-0.3, -0.25) is 4.21 Å². The standard InChI is InChI=1S/C11H23NOS/c1-9-6-4-5-7-11(9)12-10(2)8-14(3)13/h9-12H,4-8H2,1-3H3. The molecular formula is C11H23NOS. The van der Waals surface area contributed by atoms with Crippen LogP contribution in [0.25, 0.3) is 0 Å². The molecule has 1 fully saturated rings. The molecule has 2 nitrogen and oxygen atoms in total. The smallest absolute Gasteiger partial charge is 0.0383 e. The van der Waals surface area contributed by atoms with Gasteiger partial charge in [-0.25, -0.2) is 0 Å². The van der Waals surface area contributed by atoms with Crippen LogP contribution >= 0.6 is 0 Å². The van der Waals surface area contributed by atoms with Gasteiger partial charge < -0.3 is 5.32 Å². The van der Waals surface area contributed by atoms with Crippen LogP contribution in [-0.4, -0.2) is 28.3 Å². The summed E-state index contributed by atoms with van der Waals surface area (Å²) in [4.78, 5) is 0. The summed E-state index contributed by atoms with van der Waals surface area (Å²) in [5, 5.41) is 3.61. The molecule has 1 aliphatic rings. The summed E-state index contributed by atoms with van der Waals surface area (Å²) in [7, 11) is -0.674. The Balaban J connectivity index is 2.30. The highest BCUT2D eigenvalue weighted by Gasteiger charge is 2.22. The maximum atomic E-state index is 11.0. The lowest BCUT2D eigenvalue weighted by molar-refractivity contribution is 0.267. The topological polar surface area (TPSA) is 29.1 Å². The maximum absolute atomic E-state index is 11.0. The fourth-order valence-electron chi connectivity index (χ4n) is 2.33. The van der Waals surface area contributed by atoms with E-state index in [1.807, 2.05) is 0 Å². The number of rotatable bonds is 4. The highest BCUT2D eigenvalue weighted by molar-refractivity contribution is 7.84. The first-order valence-electron chi connectivity index (χ1n) is 5.65. The normalized spacial score (nSPS) is 32.5. The molecule has 0 amide bonds. The van der Waals surface area contributed by atoms with Crippen LogP contribution in [0.5, 0.6) is 0 Å². The van der Waals surface area contributed by atoms with E-state index in [4.69, 9.17) is 0 Å². The molecule has 0 bridgehead atoms. The first-order chi connectivity index (χ1) is 6.59. The zero-order chi connectivity index (χ0) is 10.6. The monoisotopic (exact) mass is 217 g/mol. The molecule has 1 saturated carbocycles. The molecule has 4 unspecified atom stereocenters. The van der Waals surface area contributed by atoms with Crippen molar-refractivity contribution in [1.29, 1.82) is 0 Å². The van der Waals surface area contributed by atoms with Gasteiger partial charge in [-0.1, -0.05) is 19.8 Å². The third-order valence-electron chi connectivity index (χ3n) is 3.09. The van der Waals surface area contributed by atoms with Crippen LogP contribution in [0.4, 0.5) is 0 Å². The molecule has 0 spiro atoms. The predicted octanol–water partition coefficient (Wildman–Crippen LogP) is 1.92. The Kier molecular flexibility index (Phi) is 5.10. The van der Waals surface area contributed by atoms with Crippen molar-refractivity contribution in [2.45, 2.75) is 51.6 Å². The SMILES string of the molecule is CC(CS(C)=O)NC1CCCCC1C. The van der Waals surface area contributed by atoms with E-state index in [9.17, 15) is 4.21 Å². The fourth-order valence-corrected chi connectivity index (χ4v) is 3.13. The first-order valence-corrected chi connectivity index (χ1v) is 7.38. The van der Waals surface area contributed by atoms with Crippen LogP contribution in [0.3, 0.4) is 0 Å². The van der Waals surface area contributed by atoms with Gasteiger partial charge in [0, 0.05) is 34.9 Å². The van der Waals surface area contributed by atoms with Crippen LogP contribution in [-0.2, 0) is 10.8 Å². The number of hydrogen-bond acceptors (Lipinski definition) is 2. The van der Waals surface area contributed by atoms with Gasteiger partial charge in [-0.15, -0.1) is 0 Å². The van der Waals surface area contributed by atoms with Crippen molar-refractivity contribution < 1.29 is 4.21 Å². The number of nitrogens with one attached hydrogen (secondary N) is 1. The molecule has 0 saturated heterocycles. The van der Waals surface area contributed by atoms with E-state index in [0.29, 0.717) is 12.1 Å². The lowest BCUT2D eigenvalue weighted by Gasteiger charge is -2.32. The van der Waals surface area contributed by atoms with Gasteiger partial charge in [-0.2, -0.15) is 0 Å². The summed E-state index contributed by atoms with van der Waals surface area (Å²) >= 11 is 0. The molecule has 84 valence electrons. The zero-order valence-electron chi connectivity index (χ0n) is 9.58. The van der Waals surface area contributed by atoms with Crippen LogP contribution in [0.15, 0.2) is 0 Å². The highest BCUT2D eigenvalue weighted by Crippen LogP contribution is 2.23. The van der Waals surface area contributed by atoms with Gasteiger partial charge >= 0.3 is 0 Å². The Labute approximate surface area is 90.3 Å². The Morgan fingerprint density at radius 1 is 1.43 bits per heavy atom. The summed E-state index contributed by atoms with van der Waals surface area (Å²) in [6.45, 7) is 4.47. The van der Waals surface area contributed by atoms with E-state index in [-0.39, 0.29) is 0 Å². The Morgan fingerprint density at radius 2 is 2.07 bits per heavy atom. The molecular weight excluding hydrogens is 194 g/mol. The van der Waals surface area contributed by atoms with Crippen molar-refractivity contribution in [2.75, 3.05) is 12.0 Å². The summed E-state index contributed by atoms with van der Waals surface area (Å²) in [6.07, 6.45) is 7.15. The van der Waals surface area contributed by atoms with E-state index < -0.39 is 10.8 Å². The third kappa shape index (κ3) is 4.09. The van der Waals surface area contributed by atoms with Gasteiger partial charge in [0.2, 0.25) is 0 Å². The predicted molar refractivity (Wildman–Crippen MR) is 63.0 cm³/mol. The van der Waals surface area contributed by atoms with Crippen molar-refractivity contribution in [3.8, 4) is 0 Å². The minimum absolute atomic E-state index is 0.395. The van der Waals surface area contributed by atoms with E-state index in [2.05, 4.69) is 19.2 Å². The van der Waals surface area contributed by atoms with Crippen molar-refractivity contribution in [3.63, 3.8) is 0 Å². The molecule has 3 heteroatoms. The molecule has 14 heavy (non-hydrogen) atoms. The van der Waals surface area contributed by atoms with Crippen molar-refractivity contribution >= 4 is 10.8 Å². The second-order valence-electron chi connectivity index (χ2n) is 4.68. The molecule has 1 rings (SSSR count). The van der Waals surface area contributed by atoms with E-state index in [1.54, 1.807) is 6.26 Å². The molecule has 0 heterocycles. The van der Waals surface area contributed by atoms with Gasteiger partial charge in [0.15, 0.2) is 0 Å². The molecule has 0 aromatic rings. The largest absolute Gasteiger partial charge is 0.310 e. The average molecular weight is 217 g/mol. The van der Waals surface area contributed by atoms with Gasteiger partial charge in [-0.05, 0) is 25.7 Å². The lowest BCUT2D eigenvalue weighted by atomic mass is 9.85. The highest BCUT2D eigenvalue weighted by atomic mass is 32.2. The molecule has 1 N–H and O–H groups in total. The molecule has 1 aliphatic carbocycles. The van der Waals surface area contributed by atoms with Crippen LogP contribution < -0.4 is 5.32 Å². The van der Waals surface area contributed by atoms with E-state index in [1.165, 1.54) is 25.7 Å². The minimum atomic E-state index is -0.674. The fraction of sp³-hybridized carbons (Fsp3) is 1.00. The molecule has 4 atom stereocenters. The summed E-state index contributed by atoms with van der Waals surface area (Å²) in [6, 6.07) is 1.05. The molecule has 0 aromatic carbocycles. The quantitative estimate of drug-likeness (QED) is 0.779. The first kappa shape index (κ1) is 12.2. The number of hydrogen-bond donors (Lipinski definition) is 1. The van der Waals surface area contributed by atoms with E-state index in [0.717, 1.165) is 11.7 Å². The summed E-state index contributed by atoms with van der Waals surface area (Å²) in [5.74, 6) is 1.57. The molecule has 0 aromatic heterocycles. The zero-order valence-corrected chi connectivity index (χ0v) is 10.4.